The minimum atomic E-state index is -0.185. The lowest BCUT2D eigenvalue weighted by Gasteiger charge is -2.50. The fourth-order valence-corrected chi connectivity index (χ4v) is 7.87. The molecular formula is C28H39NO3. The number of carbonyl (C=O) groups is 2. The third-order valence-corrected chi connectivity index (χ3v) is 9.49. The fourth-order valence-electron chi connectivity index (χ4n) is 7.87. The summed E-state index contributed by atoms with van der Waals surface area (Å²) in [6, 6.07) is 6.96. The molecule has 0 spiro atoms. The molecule has 5 rings (SSSR count). The van der Waals surface area contributed by atoms with Gasteiger partial charge in [0.25, 0.3) is 0 Å². The number of ketones is 1. The highest BCUT2D eigenvalue weighted by molar-refractivity contribution is 5.88. The van der Waals surface area contributed by atoms with Crippen molar-refractivity contribution >= 4 is 11.7 Å². The van der Waals surface area contributed by atoms with Crippen molar-refractivity contribution in [2.75, 3.05) is 7.11 Å². The molecule has 1 N–H and O–H groups in total. The predicted molar refractivity (Wildman–Crippen MR) is 126 cm³/mol. The first-order valence-corrected chi connectivity index (χ1v) is 13.0. The van der Waals surface area contributed by atoms with E-state index in [1.807, 2.05) is 0 Å². The molecule has 4 nitrogen and oxygen atoms in total. The van der Waals surface area contributed by atoms with Crippen molar-refractivity contribution in [3.63, 3.8) is 0 Å². The highest BCUT2D eigenvalue weighted by Crippen LogP contribution is 2.62. The smallest absolute Gasteiger partial charge is 0.220 e. The van der Waals surface area contributed by atoms with Crippen LogP contribution in [0.1, 0.15) is 94.6 Å². The maximum atomic E-state index is 13.2. The number of benzene rings is 1. The van der Waals surface area contributed by atoms with Crippen LogP contribution in [0.5, 0.6) is 5.75 Å². The average molecular weight is 438 g/mol. The molecule has 3 saturated carbocycles. The van der Waals surface area contributed by atoms with Gasteiger partial charge in [0.1, 0.15) is 11.5 Å². The van der Waals surface area contributed by atoms with Gasteiger partial charge in [-0.25, -0.2) is 0 Å². The number of amides is 1. The summed E-state index contributed by atoms with van der Waals surface area (Å²) in [5.41, 5.74) is 2.73. The Balaban J connectivity index is 1.30. The Bertz CT molecular complexity index is 873. The second-order valence-corrected chi connectivity index (χ2v) is 11.2. The number of aryl methyl sites for hydroxylation is 1. The summed E-state index contributed by atoms with van der Waals surface area (Å²) in [6.45, 7) is 2.24. The summed E-state index contributed by atoms with van der Waals surface area (Å²) in [5.74, 6) is 3.50. The number of ether oxygens (including phenoxy) is 1. The van der Waals surface area contributed by atoms with Gasteiger partial charge >= 0.3 is 0 Å². The zero-order valence-electron chi connectivity index (χ0n) is 19.8. The van der Waals surface area contributed by atoms with Crippen LogP contribution in [0, 0.1) is 23.2 Å². The van der Waals surface area contributed by atoms with Crippen molar-refractivity contribution in [3.8, 4) is 5.75 Å². The summed E-state index contributed by atoms with van der Waals surface area (Å²) >= 11 is 0. The molecular weight excluding hydrogens is 398 g/mol. The van der Waals surface area contributed by atoms with E-state index in [4.69, 9.17) is 4.74 Å². The first-order chi connectivity index (χ1) is 15.5. The number of hydrogen-bond donors (Lipinski definition) is 1. The van der Waals surface area contributed by atoms with Crippen LogP contribution in [0.2, 0.25) is 0 Å². The molecule has 3 fully saturated rings. The highest BCUT2D eigenvalue weighted by atomic mass is 16.5. The van der Waals surface area contributed by atoms with E-state index in [-0.39, 0.29) is 11.3 Å². The van der Waals surface area contributed by atoms with Gasteiger partial charge in [-0.2, -0.15) is 0 Å². The molecule has 4 aliphatic rings. The van der Waals surface area contributed by atoms with Crippen molar-refractivity contribution in [2.45, 2.75) is 95.9 Å². The van der Waals surface area contributed by atoms with E-state index >= 15 is 0 Å². The van der Waals surface area contributed by atoms with Gasteiger partial charge < -0.3 is 10.1 Å². The van der Waals surface area contributed by atoms with Crippen molar-refractivity contribution in [1.82, 2.24) is 5.32 Å². The third kappa shape index (κ3) is 3.88. The quantitative estimate of drug-likeness (QED) is 0.655. The second-order valence-electron chi connectivity index (χ2n) is 11.2. The van der Waals surface area contributed by atoms with Crippen LogP contribution >= 0.6 is 0 Å². The lowest BCUT2D eigenvalue weighted by Crippen LogP contribution is -2.44. The largest absolute Gasteiger partial charge is 0.497 e. The average Bonchev–Trinajstić information content (AvgIpc) is 3.07. The van der Waals surface area contributed by atoms with E-state index in [0.717, 1.165) is 50.7 Å². The molecule has 1 aromatic rings. The Morgan fingerprint density at radius 3 is 2.75 bits per heavy atom. The topological polar surface area (TPSA) is 55.4 Å². The number of rotatable bonds is 5. The molecule has 0 aliphatic heterocycles. The van der Waals surface area contributed by atoms with Crippen molar-refractivity contribution in [1.29, 1.82) is 0 Å². The molecule has 0 aromatic heterocycles. The Labute approximate surface area is 192 Å². The monoisotopic (exact) mass is 437 g/mol. The van der Waals surface area contributed by atoms with Crippen LogP contribution < -0.4 is 10.1 Å². The van der Waals surface area contributed by atoms with Crippen LogP contribution in [0.25, 0.3) is 0 Å². The molecule has 4 aliphatic carbocycles. The highest BCUT2D eigenvalue weighted by Gasteiger charge is 2.58. The van der Waals surface area contributed by atoms with Crippen LogP contribution in [-0.4, -0.2) is 24.8 Å². The van der Waals surface area contributed by atoms with Gasteiger partial charge in [0, 0.05) is 24.3 Å². The number of fused-ring (bicyclic) bond motifs is 5. The Hall–Kier alpha value is -1.84. The third-order valence-electron chi connectivity index (χ3n) is 9.49. The number of methoxy groups -OCH3 is 1. The molecule has 0 bridgehead atoms. The Kier molecular flexibility index (Phi) is 6.07. The fraction of sp³-hybridized carbons (Fsp3) is 0.714. The minimum Gasteiger partial charge on any atom is -0.497 e. The first-order valence-electron chi connectivity index (χ1n) is 13.0. The molecule has 0 heterocycles. The maximum absolute atomic E-state index is 13.2. The van der Waals surface area contributed by atoms with E-state index in [2.05, 4.69) is 30.4 Å². The summed E-state index contributed by atoms with van der Waals surface area (Å²) in [4.78, 5) is 25.9. The summed E-state index contributed by atoms with van der Waals surface area (Å²) in [6.07, 6.45) is 12.5. The lowest BCUT2D eigenvalue weighted by atomic mass is 9.54. The summed E-state index contributed by atoms with van der Waals surface area (Å²) in [5, 5.41) is 3.28. The van der Waals surface area contributed by atoms with Gasteiger partial charge in [-0.05, 0) is 91.9 Å². The van der Waals surface area contributed by atoms with E-state index < -0.39 is 0 Å². The maximum Gasteiger partial charge on any atom is 0.220 e. The molecule has 174 valence electrons. The van der Waals surface area contributed by atoms with E-state index in [9.17, 15) is 9.59 Å². The van der Waals surface area contributed by atoms with Crippen LogP contribution in [-0.2, 0) is 16.0 Å². The number of hydrogen-bond acceptors (Lipinski definition) is 3. The standard InChI is InChI=1S/C28H39NO3/c1-28-15-14-23-22-12-10-21(32-2)16-18(22)8-11-24(23)27(28)19(17-25(28)30)9-13-26(31)29-20-6-4-3-5-7-20/h10,12,16,19-20,23-24,27H,3-9,11,13-15,17H2,1-2H3,(H,29,31). The molecule has 5 unspecified atom stereocenters. The normalized spacial score (nSPS) is 34.4. The van der Waals surface area contributed by atoms with Crippen LogP contribution in [0.4, 0.5) is 0 Å². The van der Waals surface area contributed by atoms with Gasteiger partial charge in [-0.15, -0.1) is 0 Å². The molecule has 1 aromatic carbocycles. The van der Waals surface area contributed by atoms with Crippen molar-refractivity contribution < 1.29 is 14.3 Å². The SMILES string of the molecule is COc1ccc2c(c1)CCC1C2CCC2(C)C(=O)CC(CCC(=O)NC3CCCCC3)C12. The van der Waals surface area contributed by atoms with Gasteiger partial charge in [0.05, 0.1) is 7.11 Å². The molecule has 0 saturated heterocycles. The first kappa shape index (κ1) is 22.0. The zero-order valence-corrected chi connectivity index (χ0v) is 19.8. The zero-order chi connectivity index (χ0) is 22.3. The molecule has 32 heavy (non-hydrogen) atoms. The summed E-state index contributed by atoms with van der Waals surface area (Å²) < 4.78 is 5.46. The van der Waals surface area contributed by atoms with Gasteiger partial charge in [-0.1, -0.05) is 32.3 Å². The predicted octanol–water partition coefficient (Wildman–Crippen LogP) is 5.58. The molecule has 4 heteroatoms. The van der Waals surface area contributed by atoms with Crippen LogP contribution in [0.3, 0.4) is 0 Å². The van der Waals surface area contributed by atoms with Gasteiger partial charge in [0.15, 0.2) is 0 Å². The van der Waals surface area contributed by atoms with Crippen molar-refractivity contribution in [3.05, 3.63) is 29.3 Å². The molecule has 5 atom stereocenters. The van der Waals surface area contributed by atoms with Crippen LogP contribution in [0.15, 0.2) is 18.2 Å². The Morgan fingerprint density at radius 2 is 1.97 bits per heavy atom. The molecule has 1 amide bonds. The minimum absolute atomic E-state index is 0.185. The second kappa shape index (κ2) is 8.83. The van der Waals surface area contributed by atoms with Gasteiger partial charge in [0.2, 0.25) is 5.91 Å². The number of Topliss-reactive ketones (excluding diaryl/α,β-unsaturated/α-hetero) is 1. The lowest BCUT2D eigenvalue weighted by molar-refractivity contribution is -0.129. The summed E-state index contributed by atoms with van der Waals surface area (Å²) in [7, 11) is 1.73. The number of nitrogens with one attached hydrogen (secondary N) is 1. The molecule has 0 radical (unpaired) electrons. The van der Waals surface area contributed by atoms with Crippen molar-refractivity contribution in [2.24, 2.45) is 23.2 Å². The van der Waals surface area contributed by atoms with E-state index in [0.29, 0.717) is 48.3 Å². The van der Waals surface area contributed by atoms with Gasteiger partial charge in [-0.3, -0.25) is 9.59 Å². The number of carbonyl (C=O) groups excluding carboxylic acids is 2. The van der Waals surface area contributed by atoms with E-state index in [1.54, 1.807) is 7.11 Å². The Morgan fingerprint density at radius 1 is 1.16 bits per heavy atom. The van der Waals surface area contributed by atoms with E-state index in [1.165, 1.54) is 30.4 Å².